The monoisotopic (exact) mass is 581 g/mol. The number of carboxylic acid groups (broad SMARTS) is 1. The van der Waals surface area contributed by atoms with Crippen LogP contribution in [0, 0.1) is 22.7 Å². The molecule has 0 saturated heterocycles. The zero-order chi connectivity index (χ0) is 29.2. The molecule has 3 aliphatic carbocycles. The first-order chi connectivity index (χ1) is 18.6. The number of benzene rings is 1. The summed E-state index contributed by atoms with van der Waals surface area (Å²) in [6.07, 6.45) is -2.91. The molecule has 3 fully saturated rings. The number of carbonyl (C=O) groups excluding carboxylic acids is 1. The van der Waals surface area contributed by atoms with E-state index in [4.69, 9.17) is 11.6 Å². The fourth-order valence-corrected chi connectivity index (χ4v) is 7.35. The van der Waals surface area contributed by atoms with Crippen molar-refractivity contribution < 1.29 is 33.0 Å². The predicted octanol–water partition coefficient (Wildman–Crippen LogP) is 6.37. The highest BCUT2D eigenvalue weighted by Gasteiger charge is 2.63. The van der Waals surface area contributed by atoms with Gasteiger partial charge < -0.3 is 15.1 Å². The minimum atomic E-state index is -4.86. The summed E-state index contributed by atoms with van der Waals surface area (Å²) in [5.41, 5.74) is -2.13. The molecule has 3 saturated carbocycles. The molecule has 0 bridgehead atoms. The Morgan fingerprint density at radius 1 is 1.15 bits per heavy atom. The molecule has 0 radical (unpaired) electrons. The fourth-order valence-electron chi connectivity index (χ4n) is 7.09. The number of aliphatic carboxylic acids is 1. The lowest BCUT2D eigenvalue weighted by Crippen LogP contribution is -2.43. The smallest absolute Gasteiger partial charge is 0.433 e. The van der Waals surface area contributed by atoms with Crippen LogP contribution in [-0.2, 0) is 11.0 Å². The summed E-state index contributed by atoms with van der Waals surface area (Å²) in [4.78, 5) is 27.0. The van der Waals surface area contributed by atoms with Gasteiger partial charge in [-0.15, -0.1) is 0 Å². The minimum Gasteiger partial charge on any atom is -0.481 e. The van der Waals surface area contributed by atoms with Gasteiger partial charge in [-0.3, -0.25) is 14.3 Å². The maximum absolute atomic E-state index is 14.5. The Kier molecular flexibility index (Phi) is 7.26. The zero-order valence-corrected chi connectivity index (χ0v) is 23.5. The molecule has 1 aromatic heterocycles. The van der Waals surface area contributed by atoms with Crippen molar-refractivity contribution >= 4 is 23.5 Å². The molecule has 1 aromatic carbocycles. The van der Waals surface area contributed by atoms with E-state index in [0.717, 1.165) is 10.9 Å². The van der Waals surface area contributed by atoms with Gasteiger partial charge in [0.05, 0.1) is 35.9 Å². The predicted molar refractivity (Wildman–Crippen MR) is 142 cm³/mol. The molecule has 7 nitrogen and oxygen atoms in total. The van der Waals surface area contributed by atoms with Gasteiger partial charge in [0.15, 0.2) is 5.69 Å². The maximum atomic E-state index is 14.5. The lowest BCUT2D eigenvalue weighted by molar-refractivity contribution is -0.152. The number of alkyl halides is 3. The average Bonchev–Trinajstić information content (AvgIpc) is 3.31. The van der Waals surface area contributed by atoms with Crippen molar-refractivity contribution in [3.8, 4) is 0 Å². The van der Waals surface area contributed by atoms with Crippen molar-refractivity contribution in [1.82, 2.24) is 14.7 Å². The van der Waals surface area contributed by atoms with E-state index in [1.54, 1.807) is 31.2 Å². The van der Waals surface area contributed by atoms with E-state index in [0.29, 0.717) is 35.3 Å². The Balaban J connectivity index is 1.46. The quantitative estimate of drug-likeness (QED) is 0.396. The summed E-state index contributed by atoms with van der Waals surface area (Å²) in [6.45, 7) is 5.73. The number of carbonyl (C=O) groups is 2. The van der Waals surface area contributed by atoms with Gasteiger partial charge in [0.1, 0.15) is 0 Å². The van der Waals surface area contributed by atoms with Crippen LogP contribution in [0.25, 0.3) is 0 Å². The summed E-state index contributed by atoms with van der Waals surface area (Å²) in [7, 11) is 0. The Morgan fingerprint density at radius 3 is 2.30 bits per heavy atom. The first-order valence-electron chi connectivity index (χ1n) is 13.8. The molecule has 3 atom stereocenters. The molecular formula is C29H35ClF3N3O4. The molecule has 0 aliphatic heterocycles. The molecule has 40 heavy (non-hydrogen) atoms. The lowest BCUT2D eigenvalue weighted by atomic mass is 9.74. The van der Waals surface area contributed by atoms with Gasteiger partial charge in [0, 0.05) is 16.6 Å². The molecule has 2 N–H and O–H groups in total. The van der Waals surface area contributed by atoms with E-state index in [2.05, 4.69) is 18.9 Å². The number of rotatable bonds is 7. The van der Waals surface area contributed by atoms with E-state index in [1.807, 2.05) is 0 Å². The average molecular weight is 582 g/mol. The fraction of sp³-hybridized carbons (Fsp3) is 0.621. The van der Waals surface area contributed by atoms with E-state index >= 15 is 0 Å². The minimum absolute atomic E-state index is 0.139. The normalized spacial score (nSPS) is 30.0. The molecule has 0 spiro atoms. The third kappa shape index (κ3) is 5.02. The number of fused-ring (bicyclic) bond motifs is 1. The highest BCUT2D eigenvalue weighted by Crippen LogP contribution is 2.67. The van der Waals surface area contributed by atoms with Gasteiger partial charge in [0.25, 0.3) is 5.91 Å². The van der Waals surface area contributed by atoms with Gasteiger partial charge in [-0.05, 0) is 68.8 Å². The van der Waals surface area contributed by atoms with Crippen molar-refractivity contribution in [2.75, 3.05) is 6.54 Å². The summed E-state index contributed by atoms with van der Waals surface area (Å²) in [5.74, 6) is -1.04. The SMILES string of the molecule is CC1(C(=O)O)CCC(n2ncc(C(=O)N(CC(O)c3ccccc3Cl)C3CC4C(C3)C4(C)C)c2C(F)(F)F)CC1. The topological polar surface area (TPSA) is 95.7 Å². The second-order valence-electron chi connectivity index (χ2n) is 12.6. The molecule has 5 rings (SSSR count). The molecule has 3 aliphatic rings. The molecule has 3 unspecified atom stereocenters. The Bertz CT molecular complexity index is 1290. The van der Waals surface area contributed by atoms with Crippen molar-refractivity contribution in [2.45, 2.75) is 83.7 Å². The van der Waals surface area contributed by atoms with Crippen molar-refractivity contribution in [1.29, 1.82) is 0 Å². The number of aliphatic hydroxyl groups excluding tert-OH is 1. The number of aromatic nitrogens is 2. The second kappa shape index (κ2) is 10.0. The highest BCUT2D eigenvalue weighted by atomic mass is 35.5. The van der Waals surface area contributed by atoms with Crippen LogP contribution >= 0.6 is 11.6 Å². The first-order valence-corrected chi connectivity index (χ1v) is 14.1. The number of nitrogens with zero attached hydrogens (tertiary/aromatic N) is 3. The Hall–Kier alpha value is -2.59. The van der Waals surface area contributed by atoms with E-state index in [9.17, 15) is 33.0 Å². The van der Waals surface area contributed by atoms with Gasteiger partial charge in [-0.2, -0.15) is 18.3 Å². The van der Waals surface area contributed by atoms with Crippen LogP contribution in [-0.4, -0.2) is 49.4 Å². The van der Waals surface area contributed by atoms with E-state index in [-0.39, 0.29) is 43.7 Å². The van der Waals surface area contributed by atoms with Gasteiger partial charge in [0.2, 0.25) is 0 Å². The van der Waals surface area contributed by atoms with Crippen LogP contribution in [0.2, 0.25) is 5.02 Å². The Labute approximate surface area is 236 Å². The molecule has 2 aromatic rings. The molecule has 218 valence electrons. The van der Waals surface area contributed by atoms with Gasteiger partial charge in [-0.25, -0.2) is 0 Å². The molecule has 1 heterocycles. The number of hydrogen-bond acceptors (Lipinski definition) is 4. The third-order valence-corrected chi connectivity index (χ3v) is 10.2. The number of aliphatic hydroxyl groups is 1. The first kappa shape index (κ1) is 28.9. The van der Waals surface area contributed by atoms with Crippen LogP contribution in [0.4, 0.5) is 13.2 Å². The van der Waals surface area contributed by atoms with Crippen LogP contribution in [0.1, 0.15) is 93.1 Å². The number of amides is 1. The number of halogens is 4. The molecule has 1 amide bonds. The van der Waals surface area contributed by atoms with Crippen molar-refractivity contribution in [3.05, 3.63) is 52.3 Å². The highest BCUT2D eigenvalue weighted by molar-refractivity contribution is 6.31. The van der Waals surface area contributed by atoms with Crippen molar-refractivity contribution in [2.24, 2.45) is 22.7 Å². The third-order valence-electron chi connectivity index (χ3n) is 9.89. The summed E-state index contributed by atoms with van der Waals surface area (Å²) in [6, 6.07) is 5.68. The summed E-state index contributed by atoms with van der Waals surface area (Å²) < 4.78 is 44.5. The molecule has 11 heteroatoms. The lowest BCUT2D eigenvalue weighted by Gasteiger charge is -2.35. The molecular weight excluding hydrogens is 547 g/mol. The van der Waals surface area contributed by atoms with Crippen LogP contribution < -0.4 is 0 Å². The number of carboxylic acids is 1. The van der Waals surface area contributed by atoms with Crippen LogP contribution in [0.15, 0.2) is 30.5 Å². The second-order valence-corrected chi connectivity index (χ2v) is 13.0. The summed E-state index contributed by atoms with van der Waals surface area (Å²) in [5, 5.41) is 25.0. The maximum Gasteiger partial charge on any atom is 0.433 e. The van der Waals surface area contributed by atoms with Gasteiger partial charge in [-0.1, -0.05) is 43.6 Å². The Morgan fingerprint density at radius 2 is 1.75 bits per heavy atom. The van der Waals surface area contributed by atoms with Crippen LogP contribution in [0.3, 0.4) is 0 Å². The van der Waals surface area contributed by atoms with Gasteiger partial charge >= 0.3 is 12.1 Å². The van der Waals surface area contributed by atoms with Crippen LogP contribution in [0.5, 0.6) is 0 Å². The van der Waals surface area contributed by atoms with E-state index < -0.39 is 46.9 Å². The van der Waals surface area contributed by atoms with E-state index in [1.165, 1.54) is 4.90 Å². The zero-order valence-electron chi connectivity index (χ0n) is 22.8. The largest absolute Gasteiger partial charge is 0.481 e. The summed E-state index contributed by atoms with van der Waals surface area (Å²) >= 11 is 6.28. The standard InChI is InChI=1S/C29H35ClF3N3O4/c1-27(2)20-12-17(13-21(20)27)35(15-23(37)18-6-4-5-7-22(18)30)25(38)19-14-34-36(24(19)29(31,32)33)16-8-10-28(3,11-9-16)26(39)40/h4-7,14,16-17,20-21,23,37H,8-13,15H2,1-3H3,(H,39,40). The number of hydrogen-bond donors (Lipinski definition) is 2. The van der Waals surface area contributed by atoms with Crippen molar-refractivity contribution in [3.63, 3.8) is 0 Å².